The van der Waals surface area contributed by atoms with E-state index in [0.717, 1.165) is 50.1 Å². The van der Waals surface area contributed by atoms with E-state index in [1.807, 2.05) is 18.2 Å². The summed E-state index contributed by atoms with van der Waals surface area (Å²) < 4.78 is 5.38. The number of para-hydroxylation sites is 2. The second kappa shape index (κ2) is 6.91. The largest absolute Gasteiger partial charge is 0.378 e. The highest BCUT2D eigenvalue weighted by atomic mass is 16.5. The van der Waals surface area contributed by atoms with E-state index < -0.39 is 0 Å². The Morgan fingerprint density at radius 3 is 2.76 bits per heavy atom. The van der Waals surface area contributed by atoms with Gasteiger partial charge in [-0.05, 0) is 37.4 Å². The SMILES string of the molecule is O=C(CNCC1CC1)Nc1ccccc1N1CCOCC1. The van der Waals surface area contributed by atoms with Gasteiger partial charge in [-0.25, -0.2) is 0 Å². The number of benzene rings is 1. The average Bonchev–Trinajstić information content (AvgIpc) is 3.33. The van der Waals surface area contributed by atoms with Crippen molar-refractivity contribution in [2.75, 3.05) is 49.6 Å². The summed E-state index contributed by atoms with van der Waals surface area (Å²) in [6.45, 7) is 4.56. The van der Waals surface area contributed by atoms with Crippen molar-refractivity contribution in [1.82, 2.24) is 5.32 Å². The molecule has 1 heterocycles. The second-order valence-corrected chi connectivity index (χ2v) is 5.74. The molecule has 1 aliphatic heterocycles. The number of nitrogens with one attached hydrogen (secondary N) is 2. The lowest BCUT2D eigenvalue weighted by Gasteiger charge is -2.30. The van der Waals surface area contributed by atoms with Crippen molar-refractivity contribution >= 4 is 17.3 Å². The first-order valence-corrected chi connectivity index (χ1v) is 7.75. The molecule has 1 aliphatic carbocycles. The maximum absolute atomic E-state index is 12.0. The van der Waals surface area contributed by atoms with Gasteiger partial charge in [0.2, 0.25) is 5.91 Å². The number of carbonyl (C=O) groups is 1. The fourth-order valence-electron chi connectivity index (χ4n) is 2.57. The summed E-state index contributed by atoms with van der Waals surface area (Å²) >= 11 is 0. The average molecular weight is 289 g/mol. The molecule has 2 fully saturated rings. The molecule has 0 spiro atoms. The molecule has 1 saturated heterocycles. The third-order valence-corrected chi connectivity index (χ3v) is 3.95. The van der Waals surface area contributed by atoms with E-state index in [-0.39, 0.29) is 5.91 Å². The van der Waals surface area contributed by atoms with E-state index in [2.05, 4.69) is 21.6 Å². The van der Waals surface area contributed by atoms with Crippen LogP contribution in [0, 0.1) is 5.92 Å². The number of hydrogen-bond donors (Lipinski definition) is 2. The van der Waals surface area contributed by atoms with E-state index in [9.17, 15) is 4.79 Å². The minimum absolute atomic E-state index is 0.0244. The van der Waals surface area contributed by atoms with Crippen LogP contribution in [0.1, 0.15) is 12.8 Å². The predicted molar refractivity (Wildman–Crippen MR) is 83.7 cm³/mol. The second-order valence-electron chi connectivity index (χ2n) is 5.74. The summed E-state index contributed by atoms with van der Waals surface area (Å²) in [6, 6.07) is 7.98. The summed E-state index contributed by atoms with van der Waals surface area (Å²) in [6.07, 6.45) is 2.60. The molecule has 1 aromatic carbocycles. The van der Waals surface area contributed by atoms with Gasteiger partial charge in [0, 0.05) is 13.1 Å². The Morgan fingerprint density at radius 1 is 1.24 bits per heavy atom. The van der Waals surface area contributed by atoms with Gasteiger partial charge in [0.25, 0.3) is 0 Å². The normalized spacial score (nSPS) is 18.6. The number of nitrogens with zero attached hydrogens (tertiary/aromatic N) is 1. The fraction of sp³-hybridized carbons (Fsp3) is 0.562. The molecule has 3 rings (SSSR count). The number of ether oxygens (including phenoxy) is 1. The first kappa shape index (κ1) is 14.4. The van der Waals surface area contributed by atoms with Crippen LogP contribution in [-0.2, 0) is 9.53 Å². The van der Waals surface area contributed by atoms with E-state index in [0.29, 0.717) is 6.54 Å². The summed E-state index contributed by atoms with van der Waals surface area (Å²) in [5.41, 5.74) is 1.97. The van der Waals surface area contributed by atoms with Gasteiger partial charge in [-0.3, -0.25) is 4.79 Å². The van der Waals surface area contributed by atoms with Gasteiger partial charge < -0.3 is 20.3 Å². The zero-order valence-corrected chi connectivity index (χ0v) is 12.3. The number of carbonyl (C=O) groups excluding carboxylic acids is 1. The molecule has 1 saturated carbocycles. The molecule has 1 aromatic rings. The highest BCUT2D eigenvalue weighted by molar-refractivity contribution is 5.95. The van der Waals surface area contributed by atoms with E-state index in [4.69, 9.17) is 4.74 Å². The number of amides is 1. The Balaban J connectivity index is 1.56. The number of hydrogen-bond acceptors (Lipinski definition) is 4. The Morgan fingerprint density at radius 2 is 2.00 bits per heavy atom. The van der Waals surface area contributed by atoms with E-state index >= 15 is 0 Å². The molecular formula is C16H23N3O2. The van der Waals surface area contributed by atoms with Gasteiger partial charge >= 0.3 is 0 Å². The Bertz CT molecular complexity index is 482. The molecule has 0 unspecified atom stereocenters. The van der Waals surface area contributed by atoms with Crippen LogP contribution in [0.15, 0.2) is 24.3 Å². The molecule has 0 aromatic heterocycles. The molecule has 21 heavy (non-hydrogen) atoms. The zero-order chi connectivity index (χ0) is 14.5. The van der Waals surface area contributed by atoms with Crippen LogP contribution in [0.2, 0.25) is 0 Å². The lowest BCUT2D eigenvalue weighted by Crippen LogP contribution is -2.37. The third kappa shape index (κ3) is 4.19. The van der Waals surface area contributed by atoms with Gasteiger partial charge in [-0.1, -0.05) is 12.1 Å². The van der Waals surface area contributed by atoms with Crippen LogP contribution < -0.4 is 15.5 Å². The number of rotatable bonds is 6. The summed E-state index contributed by atoms with van der Waals surface area (Å²) in [5.74, 6) is 0.815. The van der Waals surface area contributed by atoms with Crippen molar-refractivity contribution in [3.05, 3.63) is 24.3 Å². The van der Waals surface area contributed by atoms with E-state index in [1.54, 1.807) is 0 Å². The minimum Gasteiger partial charge on any atom is -0.378 e. The number of anilines is 2. The molecule has 2 aliphatic rings. The van der Waals surface area contributed by atoms with Crippen LogP contribution in [0.25, 0.3) is 0 Å². The molecule has 0 radical (unpaired) electrons. The Labute approximate surface area is 125 Å². The molecule has 0 atom stereocenters. The molecule has 1 amide bonds. The quantitative estimate of drug-likeness (QED) is 0.832. The van der Waals surface area contributed by atoms with Gasteiger partial charge in [0.15, 0.2) is 0 Å². The van der Waals surface area contributed by atoms with Crippen LogP contribution in [0.4, 0.5) is 11.4 Å². The smallest absolute Gasteiger partial charge is 0.238 e. The molecule has 5 nitrogen and oxygen atoms in total. The Kier molecular flexibility index (Phi) is 4.72. The zero-order valence-electron chi connectivity index (χ0n) is 12.3. The molecular weight excluding hydrogens is 266 g/mol. The summed E-state index contributed by atoms with van der Waals surface area (Å²) in [7, 11) is 0. The maximum atomic E-state index is 12.0. The first-order valence-electron chi connectivity index (χ1n) is 7.75. The molecule has 5 heteroatoms. The van der Waals surface area contributed by atoms with Crippen LogP contribution in [0.3, 0.4) is 0 Å². The van der Waals surface area contributed by atoms with Gasteiger partial charge in [0.1, 0.15) is 0 Å². The summed E-state index contributed by atoms with van der Waals surface area (Å²) in [4.78, 5) is 14.3. The van der Waals surface area contributed by atoms with Crippen molar-refractivity contribution in [3.8, 4) is 0 Å². The van der Waals surface area contributed by atoms with E-state index in [1.165, 1.54) is 12.8 Å². The van der Waals surface area contributed by atoms with Gasteiger partial charge in [0.05, 0.1) is 31.1 Å². The maximum Gasteiger partial charge on any atom is 0.238 e. The highest BCUT2D eigenvalue weighted by Crippen LogP contribution is 2.28. The monoisotopic (exact) mass is 289 g/mol. The minimum atomic E-state index is 0.0244. The number of morpholine rings is 1. The van der Waals surface area contributed by atoms with Crippen LogP contribution in [0.5, 0.6) is 0 Å². The predicted octanol–water partition coefficient (Wildman–Crippen LogP) is 1.46. The van der Waals surface area contributed by atoms with Gasteiger partial charge in [-0.2, -0.15) is 0 Å². The standard InChI is InChI=1S/C16H23N3O2/c20-16(12-17-11-13-5-6-13)18-14-3-1-2-4-15(14)19-7-9-21-10-8-19/h1-4,13,17H,5-12H2,(H,18,20). The Hall–Kier alpha value is -1.59. The van der Waals surface area contributed by atoms with Crippen molar-refractivity contribution in [2.24, 2.45) is 5.92 Å². The molecule has 2 N–H and O–H groups in total. The first-order chi connectivity index (χ1) is 10.3. The lowest BCUT2D eigenvalue weighted by atomic mass is 10.2. The fourth-order valence-corrected chi connectivity index (χ4v) is 2.57. The van der Waals surface area contributed by atoms with Crippen molar-refractivity contribution < 1.29 is 9.53 Å². The molecule has 0 bridgehead atoms. The van der Waals surface area contributed by atoms with Crippen LogP contribution in [-0.4, -0.2) is 45.3 Å². The third-order valence-electron chi connectivity index (χ3n) is 3.95. The van der Waals surface area contributed by atoms with Crippen molar-refractivity contribution in [2.45, 2.75) is 12.8 Å². The van der Waals surface area contributed by atoms with Crippen molar-refractivity contribution in [1.29, 1.82) is 0 Å². The topological polar surface area (TPSA) is 53.6 Å². The van der Waals surface area contributed by atoms with Crippen molar-refractivity contribution in [3.63, 3.8) is 0 Å². The van der Waals surface area contributed by atoms with Gasteiger partial charge in [-0.15, -0.1) is 0 Å². The molecule has 114 valence electrons. The van der Waals surface area contributed by atoms with Crippen LogP contribution >= 0.6 is 0 Å². The lowest BCUT2D eigenvalue weighted by molar-refractivity contribution is -0.115. The highest BCUT2D eigenvalue weighted by Gasteiger charge is 2.21. The summed E-state index contributed by atoms with van der Waals surface area (Å²) in [5, 5.41) is 6.24.